The van der Waals surface area contributed by atoms with Gasteiger partial charge in [0, 0.05) is 37.6 Å². The van der Waals surface area contributed by atoms with E-state index in [0.29, 0.717) is 36.4 Å². The molecule has 7 heteroatoms. The molecule has 0 aliphatic rings. The molecule has 0 amide bonds. The normalized spacial score (nSPS) is 11.7. The van der Waals surface area contributed by atoms with Gasteiger partial charge in [-0.1, -0.05) is 37.3 Å². The van der Waals surface area contributed by atoms with Crippen LogP contribution in [0.3, 0.4) is 0 Å². The quantitative estimate of drug-likeness (QED) is 0.271. The highest BCUT2D eigenvalue weighted by Crippen LogP contribution is 2.24. The van der Waals surface area contributed by atoms with E-state index in [4.69, 9.17) is 9.15 Å². The summed E-state index contributed by atoms with van der Waals surface area (Å²) in [6.07, 6.45) is 3.18. The molecule has 0 spiro atoms. The number of anilines is 1. The van der Waals surface area contributed by atoms with Crippen molar-refractivity contribution in [2.24, 2.45) is 5.10 Å². The molecule has 2 aromatic heterocycles. The van der Waals surface area contributed by atoms with Gasteiger partial charge in [-0.3, -0.25) is 9.36 Å². The Morgan fingerprint density at radius 2 is 1.93 bits per heavy atom. The zero-order valence-corrected chi connectivity index (χ0v) is 17.1. The lowest BCUT2D eigenvalue weighted by Crippen LogP contribution is -2.24. The molecule has 7 nitrogen and oxygen atoms in total. The number of nitrogens with zero attached hydrogens (tertiary/aromatic N) is 3. The minimum Gasteiger partial charge on any atom is -0.460 e. The maximum absolute atomic E-state index is 13.0. The highest BCUT2D eigenvalue weighted by Gasteiger charge is 2.12. The average molecular weight is 404 g/mol. The van der Waals surface area contributed by atoms with Gasteiger partial charge in [0.1, 0.15) is 11.3 Å². The molecule has 0 saturated carbocycles. The molecule has 0 atom stereocenters. The van der Waals surface area contributed by atoms with Gasteiger partial charge in [0.25, 0.3) is 5.56 Å². The van der Waals surface area contributed by atoms with Crippen LogP contribution in [0.5, 0.6) is 0 Å². The summed E-state index contributed by atoms with van der Waals surface area (Å²) in [4.78, 5) is 17.6. The lowest BCUT2D eigenvalue weighted by molar-refractivity contribution is 0.190. The Labute approximate surface area is 174 Å². The molecular weight excluding hydrogens is 380 g/mol. The largest absolute Gasteiger partial charge is 0.460 e. The summed E-state index contributed by atoms with van der Waals surface area (Å²) in [5.74, 6) is 1.27. The number of nitrogens with one attached hydrogen (secondary N) is 1. The van der Waals surface area contributed by atoms with Gasteiger partial charge in [0.2, 0.25) is 5.95 Å². The highest BCUT2D eigenvalue weighted by atomic mass is 16.5. The van der Waals surface area contributed by atoms with Gasteiger partial charge in [0.15, 0.2) is 0 Å². The number of hydrazone groups is 1. The number of hydrogen-bond acceptors (Lipinski definition) is 6. The van der Waals surface area contributed by atoms with Gasteiger partial charge in [-0.15, -0.1) is 0 Å². The molecule has 0 radical (unpaired) electrons. The second-order valence-corrected chi connectivity index (χ2v) is 6.91. The van der Waals surface area contributed by atoms with Crippen LogP contribution in [0.2, 0.25) is 0 Å². The van der Waals surface area contributed by atoms with Crippen LogP contribution >= 0.6 is 0 Å². The molecule has 0 aliphatic carbocycles. The van der Waals surface area contributed by atoms with E-state index in [1.54, 1.807) is 24.0 Å². The zero-order chi connectivity index (χ0) is 20.9. The van der Waals surface area contributed by atoms with Crippen molar-refractivity contribution in [1.29, 1.82) is 0 Å². The number of hydrogen-bond donors (Lipinski definition) is 1. The average Bonchev–Trinajstić information content (AvgIpc) is 3.13. The number of aromatic nitrogens is 2. The monoisotopic (exact) mass is 404 g/mol. The Bertz CT molecular complexity index is 1260. The highest BCUT2D eigenvalue weighted by molar-refractivity contribution is 5.99. The molecule has 0 aliphatic heterocycles. The lowest BCUT2D eigenvalue weighted by atomic mass is 10.1. The number of benzene rings is 2. The second kappa shape index (κ2) is 8.92. The van der Waals surface area contributed by atoms with E-state index < -0.39 is 0 Å². The van der Waals surface area contributed by atoms with Gasteiger partial charge < -0.3 is 9.15 Å². The van der Waals surface area contributed by atoms with E-state index >= 15 is 0 Å². The fraction of sp³-hybridized carbons (Fsp3) is 0.261. The van der Waals surface area contributed by atoms with Crippen LogP contribution in [0.15, 0.2) is 62.8 Å². The maximum Gasteiger partial charge on any atom is 0.262 e. The molecule has 0 saturated heterocycles. The Hall–Kier alpha value is -3.45. The van der Waals surface area contributed by atoms with Gasteiger partial charge in [-0.2, -0.15) is 5.10 Å². The van der Waals surface area contributed by atoms with Gasteiger partial charge in [0.05, 0.1) is 17.1 Å². The summed E-state index contributed by atoms with van der Waals surface area (Å²) < 4.78 is 12.6. The number of aryl methyl sites for hydroxylation is 1. The molecule has 4 rings (SSSR count). The van der Waals surface area contributed by atoms with E-state index in [1.807, 2.05) is 49.4 Å². The maximum atomic E-state index is 13.0. The van der Waals surface area contributed by atoms with Crippen molar-refractivity contribution in [3.8, 4) is 0 Å². The van der Waals surface area contributed by atoms with Gasteiger partial charge in [-0.05, 0) is 24.6 Å². The minimum atomic E-state index is -0.0996. The smallest absolute Gasteiger partial charge is 0.262 e. The number of furan rings is 1. The fourth-order valence-electron chi connectivity index (χ4n) is 3.50. The number of fused-ring (bicyclic) bond motifs is 2. The standard InChI is InChI=1S/C23H24N4O3/c1-3-20-18(16-9-5-7-12-21(16)30-20)15-24-26-23-25-19-11-6-4-10-17(19)22(28)27(23)13-8-14-29-2/h4-7,9-12,15H,3,8,13-14H2,1-2H3,(H,25,26)/b24-15-. The van der Waals surface area contributed by atoms with Crippen LogP contribution in [-0.2, 0) is 17.7 Å². The van der Waals surface area contributed by atoms with Crippen LogP contribution in [-0.4, -0.2) is 29.5 Å². The van der Waals surface area contributed by atoms with E-state index in [0.717, 1.165) is 28.7 Å². The van der Waals surface area contributed by atoms with Gasteiger partial charge in [-0.25, -0.2) is 10.4 Å². The molecule has 2 heterocycles. The molecule has 4 aromatic rings. The predicted molar refractivity (Wildman–Crippen MR) is 119 cm³/mol. The van der Waals surface area contributed by atoms with Crippen molar-refractivity contribution >= 4 is 34.0 Å². The Morgan fingerprint density at radius 3 is 2.73 bits per heavy atom. The van der Waals surface area contributed by atoms with Crippen molar-refractivity contribution in [2.75, 3.05) is 19.1 Å². The van der Waals surface area contributed by atoms with Crippen LogP contribution < -0.4 is 11.0 Å². The zero-order valence-electron chi connectivity index (χ0n) is 17.1. The first-order valence-electron chi connectivity index (χ1n) is 10.0. The van der Waals surface area contributed by atoms with Crippen LogP contribution in [0.1, 0.15) is 24.7 Å². The lowest BCUT2D eigenvalue weighted by Gasteiger charge is -2.12. The van der Waals surface area contributed by atoms with Crippen LogP contribution in [0.4, 0.5) is 5.95 Å². The van der Waals surface area contributed by atoms with E-state index in [9.17, 15) is 4.79 Å². The van der Waals surface area contributed by atoms with E-state index in [1.165, 1.54) is 0 Å². The van der Waals surface area contributed by atoms with Crippen molar-refractivity contribution in [3.05, 3.63) is 70.2 Å². The number of methoxy groups -OCH3 is 1. The van der Waals surface area contributed by atoms with E-state index in [2.05, 4.69) is 15.5 Å². The topological polar surface area (TPSA) is 81.7 Å². The minimum absolute atomic E-state index is 0.0996. The third-order valence-electron chi connectivity index (χ3n) is 4.98. The molecule has 2 aromatic carbocycles. The summed E-state index contributed by atoms with van der Waals surface area (Å²) in [5.41, 5.74) is 5.25. The first kappa shape index (κ1) is 19.8. The number of para-hydroxylation sites is 2. The first-order chi connectivity index (χ1) is 14.7. The number of ether oxygens (including phenoxy) is 1. The number of rotatable bonds is 8. The molecule has 154 valence electrons. The van der Waals surface area contributed by atoms with Crippen LogP contribution in [0, 0.1) is 0 Å². The Kier molecular flexibility index (Phi) is 5.90. The first-order valence-corrected chi connectivity index (χ1v) is 10.0. The Balaban J connectivity index is 1.70. The molecular formula is C23H24N4O3. The van der Waals surface area contributed by atoms with E-state index in [-0.39, 0.29) is 5.56 Å². The van der Waals surface area contributed by atoms with Crippen molar-refractivity contribution in [1.82, 2.24) is 9.55 Å². The SMILES string of the molecule is CCc1oc2ccccc2c1/C=N\Nc1nc2ccccc2c(=O)n1CCCOC. The third kappa shape index (κ3) is 3.84. The third-order valence-corrected chi connectivity index (χ3v) is 4.98. The second-order valence-electron chi connectivity index (χ2n) is 6.91. The fourth-order valence-corrected chi connectivity index (χ4v) is 3.50. The summed E-state index contributed by atoms with van der Waals surface area (Å²) in [6.45, 7) is 3.08. The molecule has 0 unspecified atom stereocenters. The summed E-state index contributed by atoms with van der Waals surface area (Å²) in [5, 5.41) is 5.98. The summed E-state index contributed by atoms with van der Waals surface area (Å²) >= 11 is 0. The molecule has 0 fully saturated rings. The van der Waals surface area contributed by atoms with Crippen molar-refractivity contribution in [3.63, 3.8) is 0 Å². The van der Waals surface area contributed by atoms with Crippen LogP contribution in [0.25, 0.3) is 21.9 Å². The molecule has 30 heavy (non-hydrogen) atoms. The predicted octanol–water partition coefficient (Wildman–Crippen LogP) is 4.19. The van der Waals surface area contributed by atoms with Crippen molar-refractivity contribution in [2.45, 2.75) is 26.3 Å². The molecule has 0 bridgehead atoms. The van der Waals surface area contributed by atoms with Gasteiger partial charge >= 0.3 is 0 Å². The van der Waals surface area contributed by atoms with Crippen molar-refractivity contribution < 1.29 is 9.15 Å². The Morgan fingerprint density at radius 1 is 1.17 bits per heavy atom. The summed E-state index contributed by atoms with van der Waals surface area (Å²) in [7, 11) is 1.64. The molecule has 1 N–H and O–H groups in total. The summed E-state index contributed by atoms with van der Waals surface area (Å²) in [6, 6.07) is 15.2.